The SMILES string of the molecule is Cc1cc(C(=O)Cn2cnc3ccc(Cl)cc3c2=O)c(C)n1C1CCS(=O)(=O)C1. The Bertz CT molecular complexity index is 1310. The van der Waals surface area contributed by atoms with E-state index in [9.17, 15) is 18.0 Å². The monoisotopic (exact) mass is 433 g/mol. The van der Waals surface area contributed by atoms with Gasteiger partial charge < -0.3 is 4.57 Å². The smallest absolute Gasteiger partial charge is 0.261 e. The summed E-state index contributed by atoms with van der Waals surface area (Å²) in [7, 11) is -3.04. The molecule has 1 fully saturated rings. The minimum atomic E-state index is -3.04. The summed E-state index contributed by atoms with van der Waals surface area (Å²) in [6, 6.07) is 6.46. The molecule has 29 heavy (non-hydrogen) atoms. The first-order valence-electron chi connectivity index (χ1n) is 9.23. The van der Waals surface area contributed by atoms with Gasteiger partial charge in [0.25, 0.3) is 5.56 Å². The van der Waals surface area contributed by atoms with Gasteiger partial charge in [0.1, 0.15) is 0 Å². The molecule has 2 aromatic heterocycles. The molecule has 1 atom stereocenters. The minimum absolute atomic E-state index is 0.0891. The third-order valence-electron chi connectivity index (χ3n) is 5.46. The van der Waals surface area contributed by atoms with Crippen molar-refractivity contribution in [3.63, 3.8) is 0 Å². The molecule has 9 heteroatoms. The highest BCUT2D eigenvalue weighted by Crippen LogP contribution is 2.29. The van der Waals surface area contributed by atoms with Gasteiger partial charge in [-0.1, -0.05) is 11.6 Å². The van der Waals surface area contributed by atoms with Crippen LogP contribution in [0.2, 0.25) is 5.02 Å². The predicted molar refractivity (Wildman–Crippen MR) is 112 cm³/mol. The molecule has 0 aliphatic carbocycles. The lowest BCUT2D eigenvalue weighted by Gasteiger charge is -2.16. The quantitative estimate of drug-likeness (QED) is 0.590. The molecule has 3 aromatic rings. The van der Waals surface area contributed by atoms with Gasteiger partial charge in [-0.25, -0.2) is 13.4 Å². The number of Topliss-reactive ketones (excluding diaryl/α,β-unsaturated/α-hetero) is 1. The number of fused-ring (bicyclic) bond motifs is 1. The zero-order valence-electron chi connectivity index (χ0n) is 16.1. The Morgan fingerprint density at radius 1 is 1.28 bits per heavy atom. The van der Waals surface area contributed by atoms with Crippen LogP contribution in [0, 0.1) is 13.8 Å². The Morgan fingerprint density at radius 2 is 2.03 bits per heavy atom. The van der Waals surface area contributed by atoms with E-state index in [0.717, 1.165) is 11.4 Å². The second-order valence-electron chi connectivity index (χ2n) is 7.47. The summed E-state index contributed by atoms with van der Waals surface area (Å²) in [6.07, 6.45) is 1.90. The second-order valence-corrected chi connectivity index (χ2v) is 10.1. The zero-order valence-corrected chi connectivity index (χ0v) is 17.6. The Kier molecular flexibility index (Phi) is 4.86. The molecule has 0 radical (unpaired) electrons. The van der Waals surface area contributed by atoms with Crippen molar-refractivity contribution in [1.29, 1.82) is 0 Å². The van der Waals surface area contributed by atoms with Crippen molar-refractivity contribution in [3.8, 4) is 0 Å². The number of hydrogen-bond donors (Lipinski definition) is 0. The van der Waals surface area contributed by atoms with E-state index in [1.807, 2.05) is 18.4 Å². The van der Waals surface area contributed by atoms with E-state index in [4.69, 9.17) is 11.6 Å². The molecular weight excluding hydrogens is 414 g/mol. The van der Waals surface area contributed by atoms with E-state index in [0.29, 0.717) is 27.9 Å². The van der Waals surface area contributed by atoms with Crippen LogP contribution in [-0.4, -0.2) is 39.8 Å². The predicted octanol–water partition coefficient (Wildman–Crippen LogP) is 2.71. The number of sulfone groups is 1. The molecule has 0 bridgehead atoms. The Balaban J connectivity index is 1.66. The number of aromatic nitrogens is 3. The molecule has 0 saturated carbocycles. The fourth-order valence-corrected chi connectivity index (χ4v) is 5.96. The molecule has 3 heterocycles. The van der Waals surface area contributed by atoms with Gasteiger partial charge in [-0.2, -0.15) is 0 Å². The maximum Gasteiger partial charge on any atom is 0.261 e. The first kappa shape index (κ1) is 19.8. The maximum absolute atomic E-state index is 13.0. The number of rotatable bonds is 4. The van der Waals surface area contributed by atoms with Crippen LogP contribution in [0.25, 0.3) is 10.9 Å². The Morgan fingerprint density at radius 3 is 2.72 bits per heavy atom. The van der Waals surface area contributed by atoms with E-state index >= 15 is 0 Å². The highest BCUT2D eigenvalue weighted by atomic mass is 35.5. The van der Waals surface area contributed by atoms with Crippen LogP contribution < -0.4 is 5.56 Å². The van der Waals surface area contributed by atoms with E-state index in [1.54, 1.807) is 24.3 Å². The molecule has 7 nitrogen and oxygen atoms in total. The summed E-state index contributed by atoms with van der Waals surface area (Å²) >= 11 is 5.98. The number of ketones is 1. The van der Waals surface area contributed by atoms with Gasteiger partial charge in [0.15, 0.2) is 15.6 Å². The average Bonchev–Trinajstić information content (AvgIpc) is 3.16. The molecular formula is C20H20ClN3O4S. The van der Waals surface area contributed by atoms with E-state index in [1.165, 1.54) is 10.9 Å². The van der Waals surface area contributed by atoms with Crippen molar-refractivity contribution < 1.29 is 13.2 Å². The molecule has 0 N–H and O–H groups in total. The largest absolute Gasteiger partial charge is 0.344 e. The van der Waals surface area contributed by atoms with Crippen molar-refractivity contribution in [3.05, 3.63) is 62.9 Å². The summed E-state index contributed by atoms with van der Waals surface area (Å²) in [6.45, 7) is 3.52. The third-order valence-corrected chi connectivity index (χ3v) is 7.44. The lowest BCUT2D eigenvalue weighted by Crippen LogP contribution is -2.25. The lowest BCUT2D eigenvalue weighted by molar-refractivity contribution is 0.0970. The maximum atomic E-state index is 13.0. The third kappa shape index (κ3) is 3.62. The molecule has 1 aliphatic rings. The average molecular weight is 434 g/mol. The van der Waals surface area contributed by atoms with Crippen LogP contribution in [0.1, 0.15) is 34.2 Å². The van der Waals surface area contributed by atoms with E-state index in [2.05, 4.69) is 4.98 Å². The van der Waals surface area contributed by atoms with E-state index in [-0.39, 0.29) is 35.4 Å². The highest BCUT2D eigenvalue weighted by molar-refractivity contribution is 7.91. The fourth-order valence-electron chi connectivity index (χ4n) is 4.08. The van der Waals surface area contributed by atoms with Gasteiger partial charge in [0.2, 0.25) is 0 Å². The van der Waals surface area contributed by atoms with Crippen LogP contribution >= 0.6 is 11.6 Å². The first-order chi connectivity index (χ1) is 13.7. The first-order valence-corrected chi connectivity index (χ1v) is 11.4. The van der Waals surface area contributed by atoms with Gasteiger partial charge in [-0.05, 0) is 44.5 Å². The summed E-state index contributed by atoms with van der Waals surface area (Å²) in [5, 5.41) is 0.782. The summed E-state index contributed by atoms with van der Waals surface area (Å²) in [4.78, 5) is 29.9. The van der Waals surface area contributed by atoms with Gasteiger partial charge >= 0.3 is 0 Å². The lowest BCUT2D eigenvalue weighted by atomic mass is 10.1. The van der Waals surface area contributed by atoms with Crippen molar-refractivity contribution in [2.24, 2.45) is 0 Å². The van der Waals surface area contributed by atoms with Crippen LogP contribution in [0.5, 0.6) is 0 Å². The molecule has 1 unspecified atom stereocenters. The van der Waals surface area contributed by atoms with Crippen LogP contribution in [0.4, 0.5) is 0 Å². The van der Waals surface area contributed by atoms with Crippen molar-refractivity contribution in [1.82, 2.24) is 14.1 Å². The van der Waals surface area contributed by atoms with Crippen LogP contribution in [0.3, 0.4) is 0 Å². The number of nitrogens with zero attached hydrogens (tertiary/aromatic N) is 3. The molecule has 4 rings (SSSR count). The Labute approximate surface area is 172 Å². The minimum Gasteiger partial charge on any atom is -0.344 e. The molecule has 1 saturated heterocycles. The zero-order chi connectivity index (χ0) is 20.9. The van der Waals surface area contributed by atoms with E-state index < -0.39 is 9.84 Å². The van der Waals surface area contributed by atoms with Crippen molar-refractivity contribution in [2.45, 2.75) is 32.9 Å². The number of carbonyl (C=O) groups excluding carboxylic acids is 1. The van der Waals surface area contributed by atoms with Crippen LogP contribution in [0.15, 0.2) is 35.4 Å². The van der Waals surface area contributed by atoms with Gasteiger partial charge in [0, 0.05) is 28.0 Å². The van der Waals surface area contributed by atoms with Crippen LogP contribution in [-0.2, 0) is 16.4 Å². The summed E-state index contributed by atoms with van der Waals surface area (Å²) in [5.74, 6) is 0.0281. The molecule has 152 valence electrons. The Hall–Kier alpha value is -2.45. The molecule has 0 amide bonds. The number of benzene rings is 1. The van der Waals surface area contributed by atoms with Crippen molar-refractivity contribution in [2.75, 3.05) is 11.5 Å². The van der Waals surface area contributed by atoms with Crippen molar-refractivity contribution >= 4 is 38.1 Å². The number of aryl methyl sites for hydroxylation is 1. The standard InChI is InChI=1S/C20H20ClN3O4S/c1-12-7-16(13(2)24(12)15-5-6-29(27,28)10-15)19(25)9-23-11-22-18-4-3-14(21)8-17(18)20(23)26/h3-4,7-8,11,15H,5-6,9-10H2,1-2H3. The van der Waals surface area contributed by atoms with Gasteiger partial charge in [-0.15, -0.1) is 0 Å². The number of halogens is 1. The highest BCUT2D eigenvalue weighted by Gasteiger charge is 2.31. The van der Waals surface area contributed by atoms with Gasteiger partial charge in [-0.3, -0.25) is 14.2 Å². The summed E-state index contributed by atoms with van der Waals surface area (Å²) in [5.41, 5.74) is 2.23. The fraction of sp³-hybridized carbons (Fsp3) is 0.350. The normalized spacial score (nSPS) is 18.4. The molecule has 1 aliphatic heterocycles. The topological polar surface area (TPSA) is 91.0 Å². The van der Waals surface area contributed by atoms with Gasteiger partial charge in [0.05, 0.1) is 35.3 Å². The number of hydrogen-bond acceptors (Lipinski definition) is 5. The number of carbonyl (C=O) groups is 1. The molecule has 0 spiro atoms. The molecule has 1 aromatic carbocycles. The second kappa shape index (κ2) is 7.11. The summed E-state index contributed by atoms with van der Waals surface area (Å²) < 4.78 is 26.9.